The van der Waals surface area contributed by atoms with E-state index in [1.165, 1.54) is 12.1 Å². The molecule has 3 aromatic rings. The van der Waals surface area contributed by atoms with Crippen molar-refractivity contribution in [3.05, 3.63) is 91.8 Å². The van der Waals surface area contributed by atoms with Crippen LogP contribution >= 0.6 is 31.9 Å². The third-order valence-corrected chi connectivity index (χ3v) is 6.02. The van der Waals surface area contributed by atoms with E-state index in [1.807, 2.05) is 0 Å². The zero-order valence-electron chi connectivity index (χ0n) is 17.6. The fourth-order valence-corrected chi connectivity index (χ4v) is 4.28. The van der Waals surface area contributed by atoms with Crippen molar-refractivity contribution in [2.24, 2.45) is 0 Å². The van der Waals surface area contributed by atoms with Gasteiger partial charge < -0.3 is 19.7 Å². The molecule has 0 bridgehead atoms. The highest BCUT2D eigenvalue weighted by atomic mass is 79.9. The van der Waals surface area contributed by atoms with Gasteiger partial charge in [-0.15, -0.1) is 0 Å². The number of aldehydes is 1. The number of ether oxygens (including phenoxy) is 2. The van der Waals surface area contributed by atoms with Crippen LogP contribution in [0.25, 0.3) is 0 Å². The molecule has 0 amide bonds. The van der Waals surface area contributed by atoms with E-state index in [1.54, 1.807) is 49.4 Å². The summed E-state index contributed by atoms with van der Waals surface area (Å²) in [7, 11) is 0. The average molecular weight is 580 g/mol. The van der Waals surface area contributed by atoms with Crippen molar-refractivity contribution in [2.45, 2.75) is 19.8 Å². The average Bonchev–Trinajstić information content (AvgIpc) is 2.79. The van der Waals surface area contributed by atoms with Crippen LogP contribution in [0.3, 0.4) is 0 Å². The number of phenolic OH excluding ortho intramolecular Hbond substituents is 1. The van der Waals surface area contributed by atoms with Gasteiger partial charge in [0, 0.05) is 18.4 Å². The Morgan fingerprint density at radius 3 is 2.33 bits per heavy atom. The Kier molecular flexibility index (Phi) is 8.52. The summed E-state index contributed by atoms with van der Waals surface area (Å²) in [6.07, 6.45) is 1.23. The molecule has 0 aliphatic rings. The molecule has 8 heteroatoms. The fraction of sp³-hybridized carbons (Fsp3) is 0.160. The van der Waals surface area contributed by atoms with Crippen LogP contribution in [0.15, 0.2) is 74.9 Å². The van der Waals surface area contributed by atoms with E-state index in [4.69, 9.17) is 9.47 Å². The van der Waals surface area contributed by atoms with Crippen molar-refractivity contribution in [1.82, 2.24) is 0 Å². The van der Waals surface area contributed by atoms with Gasteiger partial charge in [0.15, 0.2) is 17.8 Å². The van der Waals surface area contributed by atoms with Crippen LogP contribution in [0.2, 0.25) is 0 Å². The molecular weight excluding hydrogens is 559 g/mol. The van der Waals surface area contributed by atoms with Gasteiger partial charge in [-0.25, -0.2) is 4.39 Å². The highest BCUT2D eigenvalue weighted by molar-refractivity contribution is 9.11. The van der Waals surface area contributed by atoms with E-state index in [0.717, 1.165) is 5.56 Å². The zero-order valence-corrected chi connectivity index (χ0v) is 20.8. The molecule has 172 valence electrons. The maximum atomic E-state index is 13.2. The minimum atomic E-state index is -0.312. The molecule has 0 saturated heterocycles. The molecule has 0 aliphatic carbocycles. The van der Waals surface area contributed by atoms with Gasteiger partial charge in [0.2, 0.25) is 0 Å². The summed E-state index contributed by atoms with van der Waals surface area (Å²) in [4.78, 5) is 10.6. The van der Waals surface area contributed by atoms with Gasteiger partial charge >= 0.3 is 0 Å². The second-order valence-electron chi connectivity index (χ2n) is 7.29. The number of phenols is 1. The largest absolute Gasteiger partial charge is 0.508 e. The smallest absolute Gasteiger partial charge is 0.184 e. The van der Waals surface area contributed by atoms with Gasteiger partial charge in [0.05, 0.1) is 15.6 Å². The van der Waals surface area contributed by atoms with Crippen LogP contribution in [0.4, 0.5) is 4.39 Å². The Balaban J connectivity index is 1.72. The molecule has 33 heavy (non-hydrogen) atoms. The molecule has 0 spiro atoms. The maximum Gasteiger partial charge on any atom is 0.184 e. The fourth-order valence-electron chi connectivity index (χ4n) is 2.98. The minimum Gasteiger partial charge on any atom is -0.508 e. The van der Waals surface area contributed by atoms with Crippen molar-refractivity contribution < 1.29 is 28.9 Å². The molecule has 0 heterocycles. The topological polar surface area (TPSA) is 76.0 Å². The number of rotatable bonds is 9. The standard InChI is InChI=1S/C25H21Br2FO5/c1-15(24(31)14-29)8-9-32-20-12-21(26)25(22(27)13-20)33-19-6-7-23(30)17(11-19)10-16-2-4-18(28)5-3-16/h2-7,11-14,30-31H,8-10H2,1H3/b24-15+. The Labute approximate surface area is 207 Å². The SMILES string of the molecule is C/C(CCOc1cc(Br)c(Oc2ccc(O)c(Cc3ccc(F)cc3)c2)c(Br)c1)=C(\O)C=O. The molecule has 0 radical (unpaired) electrons. The van der Waals surface area contributed by atoms with E-state index in [2.05, 4.69) is 31.9 Å². The first-order chi connectivity index (χ1) is 15.8. The summed E-state index contributed by atoms with van der Waals surface area (Å²) in [5.74, 6) is 1.14. The van der Waals surface area contributed by atoms with Crippen LogP contribution in [0.1, 0.15) is 24.5 Å². The van der Waals surface area contributed by atoms with E-state index < -0.39 is 0 Å². The first-order valence-electron chi connectivity index (χ1n) is 9.96. The van der Waals surface area contributed by atoms with Crippen molar-refractivity contribution in [1.29, 1.82) is 0 Å². The minimum absolute atomic E-state index is 0.124. The Bertz CT molecular complexity index is 1150. The maximum absolute atomic E-state index is 13.2. The van der Waals surface area contributed by atoms with E-state index in [-0.39, 0.29) is 23.9 Å². The summed E-state index contributed by atoms with van der Waals surface area (Å²) in [6, 6.07) is 14.5. The number of aliphatic hydroxyl groups excluding tert-OH is 1. The van der Waals surface area contributed by atoms with Crippen molar-refractivity contribution in [2.75, 3.05) is 6.61 Å². The number of hydrogen-bond acceptors (Lipinski definition) is 5. The van der Waals surface area contributed by atoms with Crippen LogP contribution in [-0.2, 0) is 11.2 Å². The van der Waals surface area contributed by atoms with E-state index in [9.17, 15) is 19.4 Å². The molecule has 3 rings (SSSR count). The van der Waals surface area contributed by atoms with Crippen molar-refractivity contribution in [3.63, 3.8) is 0 Å². The second-order valence-corrected chi connectivity index (χ2v) is 9.00. The molecule has 0 aromatic heterocycles. The summed E-state index contributed by atoms with van der Waals surface area (Å²) >= 11 is 6.98. The van der Waals surface area contributed by atoms with Crippen LogP contribution in [0, 0.1) is 5.82 Å². The van der Waals surface area contributed by atoms with Crippen LogP contribution in [0.5, 0.6) is 23.0 Å². The first kappa shape index (κ1) is 24.8. The van der Waals surface area contributed by atoms with E-state index in [0.29, 0.717) is 56.5 Å². The summed E-state index contributed by atoms with van der Waals surface area (Å²) < 4.78 is 26.2. The second kappa shape index (κ2) is 11.3. The molecule has 0 atom stereocenters. The predicted octanol–water partition coefficient (Wildman–Crippen LogP) is 7.24. The number of aromatic hydroxyl groups is 1. The van der Waals surface area contributed by atoms with Gasteiger partial charge in [-0.3, -0.25) is 4.79 Å². The number of halogens is 3. The Morgan fingerprint density at radius 1 is 1.03 bits per heavy atom. The molecule has 0 fully saturated rings. The van der Waals surface area contributed by atoms with Gasteiger partial charge in [0.1, 0.15) is 23.1 Å². The quantitative estimate of drug-likeness (QED) is 0.159. The van der Waals surface area contributed by atoms with Gasteiger partial charge in [-0.1, -0.05) is 12.1 Å². The number of allylic oxidation sites excluding steroid dienone is 1. The lowest BCUT2D eigenvalue weighted by Crippen LogP contribution is -2.01. The number of carbonyl (C=O) groups excluding carboxylic acids is 1. The molecule has 0 saturated carbocycles. The lowest BCUT2D eigenvalue weighted by molar-refractivity contribution is -0.107. The Hall–Kier alpha value is -2.84. The van der Waals surface area contributed by atoms with Crippen molar-refractivity contribution >= 4 is 38.1 Å². The van der Waals surface area contributed by atoms with Crippen LogP contribution < -0.4 is 9.47 Å². The molecule has 2 N–H and O–H groups in total. The number of benzene rings is 3. The van der Waals surface area contributed by atoms with Gasteiger partial charge in [-0.2, -0.15) is 0 Å². The lowest BCUT2D eigenvalue weighted by atomic mass is 10.0. The number of aliphatic hydroxyl groups is 1. The molecule has 5 nitrogen and oxygen atoms in total. The van der Waals surface area contributed by atoms with Gasteiger partial charge in [0.25, 0.3) is 0 Å². The van der Waals surface area contributed by atoms with E-state index >= 15 is 0 Å². The molecule has 0 unspecified atom stereocenters. The highest BCUT2D eigenvalue weighted by Gasteiger charge is 2.13. The third-order valence-electron chi connectivity index (χ3n) is 4.85. The summed E-state index contributed by atoms with van der Waals surface area (Å²) in [6.45, 7) is 1.95. The first-order valence-corrected chi connectivity index (χ1v) is 11.6. The third kappa shape index (κ3) is 6.82. The highest BCUT2D eigenvalue weighted by Crippen LogP contribution is 2.40. The zero-order chi connectivity index (χ0) is 24.0. The number of hydrogen-bond donors (Lipinski definition) is 2. The molecule has 0 aliphatic heterocycles. The van der Waals surface area contributed by atoms with Crippen molar-refractivity contribution in [3.8, 4) is 23.0 Å². The summed E-state index contributed by atoms with van der Waals surface area (Å²) in [5, 5.41) is 19.6. The number of carbonyl (C=O) groups is 1. The molecule has 3 aromatic carbocycles. The normalized spacial score (nSPS) is 11.6. The Morgan fingerprint density at radius 2 is 1.70 bits per heavy atom. The summed E-state index contributed by atoms with van der Waals surface area (Å²) in [5.41, 5.74) is 2.06. The van der Waals surface area contributed by atoms with Crippen LogP contribution in [-0.4, -0.2) is 23.1 Å². The molecular formula is C25H21Br2FO5. The lowest BCUT2D eigenvalue weighted by Gasteiger charge is -2.14. The monoisotopic (exact) mass is 578 g/mol. The predicted molar refractivity (Wildman–Crippen MR) is 131 cm³/mol. The van der Waals surface area contributed by atoms with Gasteiger partial charge in [-0.05, 0) is 92.4 Å².